The average Bonchev–Trinajstić information content (AvgIpc) is 3.65. The van der Waals surface area contributed by atoms with E-state index in [0.29, 0.717) is 0 Å². The van der Waals surface area contributed by atoms with Crippen LogP contribution in [0, 0.1) is 0 Å². The lowest BCUT2D eigenvalue weighted by Gasteiger charge is -2.28. The molecule has 2 aromatic heterocycles. The molecule has 0 fully saturated rings. The number of benzene rings is 7. The van der Waals surface area contributed by atoms with Gasteiger partial charge in [0.25, 0.3) is 0 Å². The van der Waals surface area contributed by atoms with Crippen molar-refractivity contribution in [3.63, 3.8) is 0 Å². The van der Waals surface area contributed by atoms with Crippen LogP contribution in [0.1, 0.15) is 22.7 Å². The van der Waals surface area contributed by atoms with Gasteiger partial charge in [-0.25, -0.2) is 4.99 Å². The first-order valence-electron chi connectivity index (χ1n) is 15.7. The third kappa shape index (κ3) is 3.71. The lowest BCUT2D eigenvalue weighted by molar-refractivity contribution is 0.669. The maximum absolute atomic E-state index is 6.52. The fourth-order valence-electron chi connectivity index (χ4n) is 7.34. The van der Waals surface area contributed by atoms with E-state index in [2.05, 4.69) is 162 Å². The monoisotopic (exact) mass is 589 g/mol. The van der Waals surface area contributed by atoms with Crippen molar-refractivity contribution in [1.29, 1.82) is 0 Å². The summed E-state index contributed by atoms with van der Waals surface area (Å²) in [5, 5.41) is 10.9. The summed E-state index contributed by atoms with van der Waals surface area (Å²) >= 11 is 0. The number of fused-ring (bicyclic) bond motifs is 9. The van der Waals surface area contributed by atoms with E-state index in [9.17, 15) is 0 Å². The van der Waals surface area contributed by atoms with Crippen LogP contribution in [0.25, 0.3) is 60.2 Å². The standard InChI is InChI=1S/C42H27N3O/c1-2-12-27(13-3-1)41-32-18-6-8-19-35(32)43-42(44-41)28-14-10-15-29(23-28)45-36-20-9-7-17-31(36)33-24-34-39(25-37(33)45)46-38-22-21-26-11-4-5-16-30(26)40(34)38/h1-25,41H,(H,43,44). The van der Waals surface area contributed by atoms with Crippen LogP contribution in [0.2, 0.25) is 0 Å². The van der Waals surface area contributed by atoms with Gasteiger partial charge < -0.3 is 14.3 Å². The molecule has 10 rings (SSSR count). The summed E-state index contributed by atoms with van der Waals surface area (Å²) in [4.78, 5) is 5.11. The van der Waals surface area contributed by atoms with E-state index < -0.39 is 0 Å². The molecule has 0 amide bonds. The zero-order valence-corrected chi connectivity index (χ0v) is 24.8. The smallest absolute Gasteiger partial charge is 0.137 e. The van der Waals surface area contributed by atoms with E-state index in [1.165, 1.54) is 38.1 Å². The number of hydrogen-bond donors (Lipinski definition) is 1. The Labute approximate surface area is 264 Å². The van der Waals surface area contributed by atoms with Crippen LogP contribution in [0.4, 0.5) is 5.69 Å². The van der Waals surface area contributed by atoms with Gasteiger partial charge in [0.15, 0.2) is 0 Å². The Balaban J connectivity index is 1.18. The van der Waals surface area contributed by atoms with E-state index >= 15 is 0 Å². The predicted octanol–water partition coefficient (Wildman–Crippen LogP) is 10.6. The van der Waals surface area contributed by atoms with Gasteiger partial charge in [0.05, 0.1) is 22.8 Å². The average molecular weight is 590 g/mol. The quantitative estimate of drug-likeness (QED) is 0.223. The maximum Gasteiger partial charge on any atom is 0.137 e. The molecule has 4 heteroatoms. The molecular formula is C42H27N3O. The fourth-order valence-corrected chi connectivity index (χ4v) is 7.34. The molecule has 1 aliphatic heterocycles. The van der Waals surface area contributed by atoms with Crippen molar-refractivity contribution in [2.75, 3.05) is 0 Å². The summed E-state index contributed by atoms with van der Waals surface area (Å²) in [6, 6.07) is 53.7. The fraction of sp³-hybridized carbons (Fsp3) is 0.0238. The minimum absolute atomic E-state index is 0.0132. The third-order valence-corrected chi connectivity index (χ3v) is 9.43. The zero-order chi connectivity index (χ0) is 30.2. The highest BCUT2D eigenvalue weighted by atomic mass is 16.3. The lowest BCUT2D eigenvalue weighted by atomic mass is 9.95. The van der Waals surface area contributed by atoms with Crippen LogP contribution in [-0.2, 0) is 0 Å². The van der Waals surface area contributed by atoms with E-state index in [-0.39, 0.29) is 6.04 Å². The van der Waals surface area contributed by atoms with E-state index in [1.54, 1.807) is 0 Å². The number of para-hydroxylation sites is 2. The molecule has 0 bridgehead atoms. The van der Waals surface area contributed by atoms with Gasteiger partial charge in [0.2, 0.25) is 0 Å². The predicted molar refractivity (Wildman–Crippen MR) is 190 cm³/mol. The Morgan fingerprint density at radius 2 is 1.37 bits per heavy atom. The van der Waals surface area contributed by atoms with Crippen LogP contribution in [0.15, 0.2) is 161 Å². The van der Waals surface area contributed by atoms with Gasteiger partial charge >= 0.3 is 0 Å². The van der Waals surface area contributed by atoms with Crippen molar-refractivity contribution in [1.82, 2.24) is 9.88 Å². The molecule has 0 radical (unpaired) electrons. The molecule has 1 N–H and O–H groups in total. The van der Waals surface area contributed by atoms with Crippen molar-refractivity contribution < 1.29 is 4.42 Å². The van der Waals surface area contributed by atoms with Crippen LogP contribution >= 0.6 is 0 Å². The number of nitrogens with one attached hydrogen (secondary N) is 1. The molecule has 1 aliphatic rings. The number of aromatic nitrogens is 1. The molecule has 46 heavy (non-hydrogen) atoms. The Bertz CT molecular complexity index is 2680. The van der Waals surface area contributed by atoms with E-state index in [1.807, 2.05) is 0 Å². The highest BCUT2D eigenvalue weighted by Crippen LogP contribution is 2.41. The van der Waals surface area contributed by atoms with Gasteiger partial charge in [-0.2, -0.15) is 0 Å². The molecule has 216 valence electrons. The molecular weight excluding hydrogens is 562 g/mol. The van der Waals surface area contributed by atoms with Crippen molar-refractivity contribution in [2.45, 2.75) is 6.04 Å². The van der Waals surface area contributed by atoms with Gasteiger partial charge in [-0.3, -0.25) is 0 Å². The topological polar surface area (TPSA) is 42.5 Å². The van der Waals surface area contributed by atoms with Crippen LogP contribution in [0.3, 0.4) is 0 Å². The molecule has 9 aromatic rings. The van der Waals surface area contributed by atoms with Gasteiger partial charge in [-0.1, -0.05) is 109 Å². The summed E-state index contributed by atoms with van der Waals surface area (Å²) in [6.45, 7) is 0. The Morgan fingerprint density at radius 1 is 0.565 bits per heavy atom. The van der Waals surface area contributed by atoms with E-state index in [0.717, 1.165) is 50.4 Å². The number of furan rings is 1. The van der Waals surface area contributed by atoms with Gasteiger partial charge in [0.1, 0.15) is 17.0 Å². The largest absolute Gasteiger partial charge is 0.456 e. The molecule has 0 spiro atoms. The highest BCUT2D eigenvalue weighted by Gasteiger charge is 2.24. The Kier molecular flexibility index (Phi) is 5.31. The van der Waals surface area contributed by atoms with Crippen LogP contribution in [0.5, 0.6) is 0 Å². The Hall–Kier alpha value is -6.13. The van der Waals surface area contributed by atoms with Crippen molar-refractivity contribution >= 4 is 66.0 Å². The summed E-state index contributed by atoms with van der Waals surface area (Å²) < 4.78 is 8.87. The summed E-state index contributed by atoms with van der Waals surface area (Å²) in [5.41, 5.74) is 9.56. The second-order valence-electron chi connectivity index (χ2n) is 12.0. The normalized spacial score (nSPS) is 14.6. The first-order chi connectivity index (χ1) is 22.8. The number of nitrogens with zero attached hydrogens (tertiary/aromatic N) is 2. The Morgan fingerprint density at radius 3 is 2.30 bits per heavy atom. The molecule has 3 heterocycles. The van der Waals surface area contributed by atoms with Crippen molar-refractivity contribution in [3.05, 3.63) is 168 Å². The van der Waals surface area contributed by atoms with Gasteiger partial charge in [-0.15, -0.1) is 0 Å². The molecule has 1 unspecified atom stereocenters. The maximum atomic E-state index is 6.52. The SMILES string of the molecule is c1ccc(C2NC(c3cccc(-n4c5ccccc5c5cc6c(cc54)oc4ccc5ccccc5c46)c3)=Nc3ccccc32)cc1. The number of amidine groups is 1. The highest BCUT2D eigenvalue weighted by molar-refractivity contribution is 6.23. The lowest BCUT2D eigenvalue weighted by Crippen LogP contribution is -2.32. The molecule has 4 nitrogen and oxygen atoms in total. The van der Waals surface area contributed by atoms with Crippen molar-refractivity contribution in [2.24, 2.45) is 4.99 Å². The molecule has 7 aromatic carbocycles. The van der Waals surface area contributed by atoms with Crippen molar-refractivity contribution in [3.8, 4) is 5.69 Å². The second-order valence-corrected chi connectivity index (χ2v) is 12.0. The molecule has 0 saturated carbocycles. The molecule has 0 saturated heterocycles. The minimum atomic E-state index is 0.0132. The van der Waals surface area contributed by atoms with Crippen LogP contribution < -0.4 is 5.32 Å². The second kappa shape index (κ2) is 9.68. The molecule has 0 aliphatic carbocycles. The van der Waals surface area contributed by atoms with Crippen LogP contribution in [-0.4, -0.2) is 10.4 Å². The number of rotatable bonds is 3. The first-order valence-corrected chi connectivity index (χ1v) is 15.7. The summed E-state index contributed by atoms with van der Waals surface area (Å²) in [6.07, 6.45) is 0. The summed E-state index contributed by atoms with van der Waals surface area (Å²) in [7, 11) is 0. The minimum Gasteiger partial charge on any atom is -0.456 e. The van der Waals surface area contributed by atoms with Gasteiger partial charge in [-0.05, 0) is 52.7 Å². The first kappa shape index (κ1) is 25.2. The summed E-state index contributed by atoms with van der Waals surface area (Å²) in [5.74, 6) is 0.863. The van der Waals surface area contributed by atoms with E-state index in [4.69, 9.17) is 9.41 Å². The number of aliphatic imine (C=N–C) groups is 1. The zero-order valence-electron chi connectivity index (χ0n) is 24.8. The number of hydrogen-bond acceptors (Lipinski definition) is 3. The molecule has 1 atom stereocenters. The van der Waals surface area contributed by atoms with Gasteiger partial charge in [0, 0.05) is 44.4 Å². The third-order valence-electron chi connectivity index (χ3n) is 9.43.